The Morgan fingerprint density at radius 1 is 0.871 bits per heavy atom. The lowest BCUT2D eigenvalue weighted by molar-refractivity contribution is 0.0945. The van der Waals surface area contributed by atoms with E-state index >= 15 is 0 Å². The normalized spacial score (nSPS) is 10.5. The fourth-order valence-electron chi connectivity index (χ4n) is 2.79. The second-order valence-electron chi connectivity index (χ2n) is 6.58. The van der Waals surface area contributed by atoms with Gasteiger partial charge in [-0.3, -0.25) is 9.59 Å². The van der Waals surface area contributed by atoms with Gasteiger partial charge in [-0.1, -0.05) is 35.5 Å². The molecule has 0 radical (unpaired) electrons. The number of rotatable bonds is 7. The number of hydrogen-bond donors (Lipinski definition) is 2. The minimum Gasteiger partial charge on any atom is -0.457 e. The van der Waals surface area contributed by atoms with Crippen molar-refractivity contribution in [2.45, 2.75) is 6.54 Å². The van der Waals surface area contributed by atoms with E-state index in [-0.39, 0.29) is 12.5 Å². The highest BCUT2D eigenvalue weighted by Gasteiger charge is 2.11. The molecular weight excluding hydrogens is 396 g/mol. The van der Waals surface area contributed by atoms with Gasteiger partial charge in [0.15, 0.2) is 0 Å². The van der Waals surface area contributed by atoms with E-state index in [9.17, 15) is 9.59 Å². The van der Waals surface area contributed by atoms with Gasteiger partial charge in [-0.2, -0.15) is 4.98 Å². The molecule has 0 aliphatic carbocycles. The highest BCUT2D eigenvalue weighted by Crippen LogP contribution is 2.22. The zero-order valence-corrected chi connectivity index (χ0v) is 16.3. The Bertz CT molecular complexity index is 1190. The summed E-state index contributed by atoms with van der Waals surface area (Å²) in [5.41, 5.74) is 6.91. The highest BCUT2D eigenvalue weighted by atomic mass is 16.5. The number of primary amides is 1. The third-order valence-corrected chi connectivity index (χ3v) is 4.39. The second-order valence-corrected chi connectivity index (χ2v) is 6.58. The number of amides is 2. The van der Waals surface area contributed by atoms with Crippen LogP contribution in [0.25, 0.3) is 11.4 Å². The molecule has 154 valence electrons. The average Bonchev–Trinajstić information content (AvgIpc) is 3.28. The molecular formula is C23H18N4O4. The van der Waals surface area contributed by atoms with E-state index in [2.05, 4.69) is 15.5 Å². The molecule has 4 aromatic rings. The first-order chi connectivity index (χ1) is 15.1. The SMILES string of the molecule is NC(=O)c1ccc(Oc2ccc(C(=O)NCc3nc(-c4ccccc4)no3)cc2)cc1. The van der Waals surface area contributed by atoms with Gasteiger partial charge in [-0.05, 0) is 48.5 Å². The van der Waals surface area contributed by atoms with Gasteiger partial charge in [0.05, 0.1) is 6.54 Å². The molecule has 0 saturated heterocycles. The second kappa shape index (κ2) is 8.91. The summed E-state index contributed by atoms with van der Waals surface area (Å²) in [5.74, 6) is 1.10. The lowest BCUT2D eigenvalue weighted by atomic mass is 10.2. The van der Waals surface area contributed by atoms with Crippen LogP contribution in [0.15, 0.2) is 83.4 Å². The third kappa shape index (κ3) is 4.94. The van der Waals surface area contributed by atoms with Gasteiger partial charge in [-0.15, -0.1) is 0 Å². The van der Waals surface area contributed by atoms with Crippen LogP contribution in [0.3, 0.4) is 0 Å². The van der Waals surface area contributed by atoms with Crippen LogP contribution in [0.1, 0.15) is 26.6 Å². The maximum absolute atomic E-state index is 12.4. The molecule has 0 aliphatic rings. The number of benzene rings is 3. The lowest BCUT2D eigenvalue weighted by Gasteiger charge is -2.07. The first kappa shape index (κ1) is 19.8. The smallest absolute Gasteiger partial charge is 0.251 e. The summed E-state index contributed by atoms with van der Waals surface area (Å²) >= 11 is 0. The van der Waals surface area contributed by atoms with E-state index in [4.69, 9.17) is 15.0 Å². The Morgan fingerprint density at radius 2 is 1.48 bits per heavy atom. The quantitative estimate of drug-likeness (QED) is 0.477. The molecule has 8 nitrogen and oxygen atoms in total. The summed E-state index contributed by atoms with van der Waals surface area (Å²) in [7, 11) is 0. The predicted molar refractivity (Wildman–Crippen MR) is 112 cm³/mol. The van der Waals surface area contributed by atoms with Crippen molar-refractivity contribution in [1.82, 2.24) is 15.5 Å². The zero-order valence-electron chi connectivity index (χ0n) is 16.3. The number of carbonyl (C=O) groups excluding carboxylic acids is 2. The number of nitrogens with one attached hydrogen (secondary N) is 1. The maximum Gasteiger partial charge on any atom is 0.251 e. The van der Waals surface area contributed by atoms with E-state index in [0.29, 0.717) is 34.3 Å². The molecule has 31 heavy (non-hydrogen) atoms. The molecule has 0 aliphatic heterocycles. The van der Waals surface area contributed by atoms with Gasteiger partial charge in [0.25, 0.3) is 5.91 Å². The van der Waals surface area contributed by atoms with Crippen molar-refractivity contribution in [2.24, 2.45) is 5.73 Å². The van der Waals surface area contributed by atoms with Gasteiger partial charge in [0.2, 0.25) is 17.6 Å². The number of aromatic nitrogens is 2. The highest BCUT2D eigenvalue weighted by molar-refractivity contribution is 5.94. The Hall–Kier alpha value is -4.46. The van der Waals surface area contributed by atoms with Gasteiger partial charge in [0, 0.05) is 16.7 Å². The molecule has 0 bridgehead atoms. The first-order valence-corrected chi connectivity index (χ1v) is 9.42. The van der Waals surface area contributed by atoms with Gasteiger partial charge < -0.3 is 20.3 Å². The number of nitrogens with two attached hydrogens (primary N) is 1. The Labute approximate surface area is 177 Å². The van der Waals surface area contributed by atoms with Crippen molar-refractivity contribution in [3.8, 4) is 22.9 Å². The standard InChI is InChI=1S/C23H18N4O4/c24-21(28)15-6-10-18(11-7-15)30-19-12-8-17(9-13-19)23(29)25-14-20-26-22(27-31-20)16-4-2-1-3-5-16/h1-13H,14H2,(H2,24,28)(H,25,29). The predicted octanol–water partition coefficient (Wildman–Crippen LogP) is 3.56. The molecule has 0 spiro atoms. The van der Waals surface area contributed by atoms with Gasteiger partial charge in [0.1, 0.15) is 11.5 Å². The number of nitrogens with zero attached hydrogens (tertiary/aromatic N) is 2. The van der Waals surface area contributed by atoms with Crippen LogP contribution in [-0.4, -0.2) is 22.0 Å². The number of ether oxygens (including phenoxy) is 1. The van der Waals surface area contributed by atoms with Crippen LogP contribution in [0, 0.1) is 0 Å². The van der Waals surface area contributed by atoms with Crippen molar-refractivity contribution in [3.05, 3.63) is 95.9 Å². The molecule has 0 atom stereocenters. The molecule has 3 N–H and O–H groups in total. The first-order valence-electron chi connectivity index (χ1n) is 9.42. The summed E-state index contributed by atoms with van der Waals surface area (Å²) in [4.78, 5) is 27.8. The molecule has 0 saturated carbocycles. The van der Waals surface area contributed by atoms with Gasteiger partial charge in [-0.25, -0.2) is 0 Å². The van der Waals surface area contributed by atoms with Crippen LogP contribution < -0.4 is 15.8 Å². The summed E-state index contributed by atoms with van der Waals surface area (Å²) in [6, 6.07) is 22.5. The summed E-state index contributed by atoms with van der Waals surface area (Å²) < 4.78 is 10.9. The minimum atomic E-state index is -0.501. The fraction of sp³-hybridized carbons (Fsp3) is 0.0435. The molecule has 4 rings (SSSR count). The molecule has 0 unspecified atom stereocenters. The number of carbonyl (C=O) groups is 2. The van der Waals surface area contributed by atoms with Crippen LogP contribution in [0.5, 0.6) is 11.5 Å². The lowest BCUT2D eigenvalue weighted by Crippen LogP contribution is -2.22. The Kier molecular flexibility index (Phi) is 5.70. The topological polar surface area (TPSA) is 120 Å². The molecule has 2 amide bonds. The summed E-state index contributed by atoms with van der Waals surface area (Å²) in [6.07, 6.45) is 0. The minimum absolute atomic E-state index is 0.114. The maximum atomic E-state index is 12.4. The van der Waals surface area contributed by atoms with E-state index in [1.54, 1.807) is 48.5 Å². The van der Waals surface area contributed by atoms with Crippen molar-refractivity contribution in [1.29, 1.82) is 0 Å². The van der Waals surface area contributed by atoms with Gasteiger partial charge >= 0.3 is 0 Å². The van der Waals surface area contributed by atoms with E-state index in [1.807, 2.05) is 30.3 Å². The monoisotopic (exact) mass is 414 g/mol. The summed E-state index contributed by atoms with van der Waals surface area (Å²) in [6.45, 7) is 0.114. The van der Waals surface area contributed by atoms with E-state index < -0.39 is 5.91 Å². The van der Waals surface area contributed by atoms with Crippen molar-refractivity contribution < 1.29 is 18.8 Å². The molecule has 1 aromatic heterocycles. The number of hydrogen-bond acceptors (Lipinski definition) is 6. The average molecular weight is 414 g/mol. The molecule has 3 aromatic carbocycles. The van der Waals surface area contributed by atoms with Crippen LogP contribution in [-0.2, 0) is 6.54 Å². The zero-order chi connectivity index (χ0) is 21.6. The molecule has 8 heteroatoms. The Balaban J connectivity index is 1.33. The molecule has 0 fully saturated rings. The van der Waals surface area contributed by atoms with E-state index in [0.717, 1.165) is 5.56 Å². The van der Waals surface area contributed by atoms with Crippen LogP contribution in [0.2, 0.25) is 0 Å². The third-order valence-electron chi connectivity index (χ3n) is 4.39. The fourth-order valence-corrected chi connectivity index (χ4v) is 2.79. The van der Waals surface area contributed by atoms with Crippen molar-refractivity contribution in [2.75, 3.05) is 0 Å². The van der Waals surface area contributed by atoms with Crippen molar-refractivity contribution >= 4 is 11.8 Å². The molecule has 1 heterocycles. The largest absolute Gasteiger partial charge is 0.457 e. The van der Waals surface area contributed by atoms with Crippen molar-refractivity contribution in [3.63, 3.8) is 0 Å². The van der Waals surface area contributed by atoms with E-state index in [1.165, 1.54) is 0 Å². The van der Waals surface area contributed by atoms with Crippen LogP contribution in [0.4, 0.5) is 0 Å². The Morgan fingerprint density at radius 3 is 2.10 bits per heavy atom. The summed E-state index contributed by atoms with van der Waals surface area (Å²) in [5, 5.41) is 6.67. The van der Waals surface area contributed by atoms with Crippen LogP contribution >= 0.6 is 0 Å².